The van der Waals surface area contributed by atoms with Crippen LogP contribution < -0.4 is 20.1 Å². The van der Waals surface area contributed by atoms with Crippen LogP contribution >= 0.6 is 0 Å². The quantitative estimate of drug-likeness (QED) is 0.576. The highest BCUT2D eigenvalue weighted by Gasteiger charge is 2.15. The van der Waals surface area contributed by atoms with Gasteiger partial charge in [0.05, 0.1) is 25.0 Å². The van der Waals surface area contributed by atoms with E-state index in [0.29, 0.717) is 42.3 Å². The van der Waals surface area contributed by atoms with Crippen LogP contribution in [0.4, 0.5) is 5.69 Å². The van der Waals surface area contributed by atoms with Crippen LogP contribution in [0.2, 0.25) is 0 Å². The molecule has 6 heteroatoms. The molecular formula is C24H26N2O4. The fourth-order valence-electron chi connectivity index (χ4n) is 3.14. The summed E-state index contributed by atoms with van der Waals surface area (Å²) in [6.07, 6.45) is 0.333. The van der Waals surface area contributed by atoms with Gasteiger partial charge in [0, 0.05) is 13.0 Å². The Morgan fingerprint density at radius 1 is 0.933 bits per heavy atom. The summed E-state index contributed by atoms with van der Waals surface area (Å²) >= 11 is 0. The number of fused-ring (bicyclic) bond motifs is 1. The number of anilines is 1. The molecule has 156 valence electrons. The topological polar surface area (TPSA) is 76.7 Å². The van der Waals surface area contributed by atoms with Gasteiger partial charge in [-0.15, -0.1) is 0 Å². The number of carbonyl (C=O) groups is 2. The minimum atomic E-state index is -0.264. The first-order valence-electron chi connectivity index (χ1n) is 9.96. The molecule has 0 bridgehead atoms. The van der Waals surface area contributed by atoms with Crippen molar-refractivity contribution >= 4 is 28.3 Å². The van der Waals surface area contributed by atoms with E-state index in [2.05, 4.69) is 10.6 Å². The molecule has 0 radical (unpaired) electrons. The molecule has 0 unspecified atom stereocenters. The third-order valence-corrected chi connectivity index (χ3v) is 4.71. The number of hydrogen-bond acceptors (Lipinski definition) is 4. The van der Waals surface area contributed by atoms with Crippen LogP contribution in [0, 0.1) is 0 Å². The number of methoxy groups -OCH3 is 1. The third-order valence-electron chi connectivity index (χ3n) is 4.71. The Morgan fingerprint density at radius 2 is 1.67 bits per heavy atom. The van der Waals surface area contributed by atoms with Crippen LogP contribution in [0.5, 0.6) is 11.5 Å². The molecular weight excluding hydrogens is 380 g/mol. The smallest absolute Gasteiger partial charge is 0.253 e. The number of hydrogen-bond donors (Lipinski definition) is 2. The van der Waals surface area contributed by atoms with Crippen molar-refractivity contribution in [2.75, 3.05) is 19.0 Å². The second-order valence-electron chi connectivity index (χ2n) is 6.75. The SMILES string of the molecule is CCOc1ccc(CNC(=O)c2cc3ccccc3cc2NC(=O)CC)cc1OC. The molecule has 2 N–H and O–H groups in total. The van der Waals surface area contributed by atoms with Gasteiger partial charge in [0.2, 0.25) is 5.91 Å². The standard InChI is InChI=1S/C24H26N2O4/c1-4-23(27)26-20-14-18-9-7-6-8-17(18)13-19(20)24(28)25-15-16-10-11-21(30-5-2)22(12-16)29-3/h6-14H,4-5,15H2,1-3H3,(H,25,28)(H,26,27). The number of rotatable bonds is 8. The number of benzene rings is 3. The Bertz CT molecular complexity index is 1060. The number of amides is 2. The van der Waals surface area contributed by atoms with Crippen LogP contribution in [0.1, 0.15) is 36.2 Å². The van der Waals surface area contributed by atoms with Crippen molar-refractivity contribution in [2.24, 2.45) is 0 Å². The molecule has 0 heterocycles. The first-order chi connectivity index (χ1) is 14.5. The second kappa shape index (κ2) is 9.78. The second-order valence-corrected chi connectivity index (χ2v) is 6.75. The number of ether oxygens (including phenoxy) is 2. The molecule has 0 fully saturated rings. The van der Waals surface area contributed by atoms with Gasteiger partial charge in [0.25, 0.3) is 5.91 Å². The molecule has 3 aromatic rings. The molecule has 0 aliphatic heterocycles. The van der Waals surface area contributed by atoms with E-state index < -0.39 is 0 Å². The monoisotopic (exact) mass is 406 g/mol. The van der Waals surface area contributed by atoms with Crippen LogP contribution in [0.3, 0.4) is 0 Å². The van der Waals surface area contributed by atoms with E-state index in [1.54, 1.807) is 20.1 Å². The third kappa shape index (κ3) is 4.89. The average Bonchev–Trinajstić information content (AvgIpc) is 2.77. The Labute approximate surface area is 176 Å². The summed E-state index contributed by atoms with van der Waals surface area (Å²) in [4.78, 5) is 24.9. The molecule has 0 saturated carbocycles. The summed E-state index contributed by atoms with van der Waals surface area (Å²) < 4.78 is 10.9. The van der Waals surface area contributed by atoms with Crippen LogP contribution in [-0.2, 0) is 11.3 Å². The van der Waals surface area contributed by atoms with Crippen molar-refractivity contribution in [2.45, 2.75) is 26.8 Å². The maximum Gasteiger partial charge on any atom is 0.253 e. The van der Waals surface area contributed by atoms with Crippen molar-refractivity contribution in [1.29, 1.82) is 0 Å². The number of carbonyl (C=O) groups excluding carboxylic acids is 2. The Kier molecular flexibility index (Phi) is 6.91. The zero-order valence-corrected chi connectivity index (χ0v) is 17.5. The first kappa shape index (κ1) is 21.2. The van der Waals surface area contributed by atoms with Gasteiger partial charge in [-0.1, -0.05) is 37.3 Å². The lowest BCUT2D eigenvalue weighted by Crippen LogP contribution is -2.24. The largest absolute Gasteiger partial charge is 0.493 e. The van der Waals surface area contributed by atoms with Crippen molar-refractivity contribution in [3.8, 4) is 11.5 Å². The Balaban J connectivity index is 1.83. The first-order valence-corrected chi connectivity index (χ1v) is 9.96. The van der Waals surface area contributed by atoms with Crippen LogP contribution in [0.25, 0.3) is 10.8 Å². The summed E-state index contributed by atoms with van der Waals surface area (Å²) in [5, 5.41) is 7.65. The van der Waals surface area contributed by atoms with Crippen molar-refractivity contribution in [1.82, 2.24) is 5.32 Å². The molecule has 3 aromatic carbocycles. The van der Waals surface area contributed by atoms with E-state index in [0.717, 1.165) is 16.3 Å². The summed E-state index contributed by atoms with van der Waals surface area (Å²) in [6.45, 7) is 4.54. The van der Waals surface area contributed by atoms with Gasteiger partial charge in [-0.25, -0.2) is 0 Å². The van der Waals surface area contributed by atoms with Gasteiger partial charge in [-0.2, -0.15) is 0 Å². The van der Waals surface area contributed by atoms with E-state index in [1.165, 1.54) is 0 Å². The Morgan fingerprint density at radius 3 is 2.33 bits per heavy atom. The van der Waals surface area contributed by atoms with E-state index in [4.69, 9.17) is 9.47 Å². The van der Waals surface area contributed by atoms with Crippen LogP contribution in [0.15, 0.2) is 54.6 Å². The normalized spacial score (nSPS) is 10.5. The molecule has 0 aliphatic carbocycles. The fourth-order valence-corrected chi connectivity index (χ4v) is 3.14. The fraction of sp³-hybridized carbons (Fsp3) is 0.250. The minimum Gasteiger partial charge on any atom is -0.493 e. The van der Waals surface area contributed by atoms with Crippen molar-refractivity contribution < 1.29 is 19.1 Å². The maximum atomic E-state index is 13.0. The van der Waals surface area contributed by atoms with Gasteiger partial charge in [-0.3, -0.25) is 9.59 Å². The summed E-state index contributed by atoms with van der Waals surface area (Å²) in [5.74, 6) is 0.870. The molecule has 0 aliphatic rings. The van der Waals surface area contributed by atoms with E-state index in [1.807, 2.05) is 55.5 Å². The van der Waals surface area contributed by atoms with Crippen molar-refractivity contribution in [3.05, 3.63) is 65.7 Å². The maximum absolute atomic E-state index is 13.0. The molecule has 3 rings (SSSR count). The van der Waals surface area contributed by atoms with Gasteiger partial charge >= 0.3 is 0 Å². The molecule has 0 atom stereocenters. The molecule has 6 nitrogen and oxygen atoms in total. The zero-order chi connectivity index (χ0) is 21.5. The van der Waals surface area contributed by atoms with Gasteiger partial charge in [-0.05, 0) is 47.5 Å². The average molecular weight is 406 g/mol. The highest BCUT2D eigenvalue weighted by molar-refractivity contribution is 6.07. The van der Waals surface area contributed by atoms with Crippen molar-refractivity contribution in [3.63, 3.8) is 0 Å². The predicted octanol–water partition coefficient (Wildman–Crippen LogP) is 4.53. The molecule has 0 spiro atoms. The lowest BCUT2D eigenvalue weighted by atomic mass is 10.0. The lowest BCUT2D eigenvalue weighted by Gasteiger charge is -2.14. The van der Waals surface area contributed by atoms with Gasteiger partial charge in [0.15, 0.2) is 11.5 Å². The van der Waals surface area contributed by atoms with E-state index in [9.17, 15) is 9.59 Å². The molecule has 2 amide bonds. The molecule has 30 heavy (non-hydrogen) atoms. The van der Waals surface area contributed by atoms with Crippen LogP contribution in [-0.4, -0.2) is 25.5 Å². The van der Waals surface area contributed by atoms with Gasteiger partial charge < -0.3 is 20.1 Å². The Hall–Kier alpha value is -3.54. The summed E-state index contributed by atoms with van der Waals surface area (Å²) in [6, 6.07) is 16.9. The summed E-state index contributed by atoms with van der Waals surface area (Å²) in [5.41, 5.74) is 1.80. The zero-order valence-electron chi connectivity index (χ0n) is 17.5. The summed E-state index contributed by atoms with van der Waals surface area (Å²) in [7, 11) is 1.58. The minimum absolute atomic E-state index is 0.143. The van der Waals surface area contributed by atoms with E-state index in [-0.39, 0.29) is 11.8 Å². The number of nitrogens with one attached hydrogen (secondary N) is 2. The highest BCUT2D eigenvalue weighted by Crippen LogP contribution is 2.28. The molecule has 0 saturated heterocycles. The highest BCUT2D eigenvalue weighted by atomic mass is 16.5. The molecule has 0 aromatic heterocycles. The predicted molar refractivity (Wildman–Crippen MR) is 118 cm³/mol. The lowest BCUT2D eigenvalue weighted by molar-refractivity contribution is -0.115. The van der Waals surface area contributed by atoms with E-state index >= 15 is 0 Å². The van der Waals surface area contributed by atoms with Gasteiger partial charge in [0.1, 0.15) is 0 Å².